The molecule has 2 aromatic rings. The first-order chi connectivity index (χ1) is 7.81. The SMILES string of the molecule is [N-]=[N+]=NCCc1nc2ccccc2c(=O)[nH]1. The van der Waals surface area contributed by atoms with E-state index in [1.807, 2.05) is 6.07 Å². The van der Waals surface area contributed by atoms with Crippen molar-refractivity contribution in [2.75, 3.05) is 6.54 Å². The lowest BCUT2D eigenvalue weighted by atomic mass is 10.2. The Balaban J connectivity index is 2.42. The maximum atomic E-state index is 11.6. The Hall–Kier alpha value is -2.33. The topological polar surface area (TPSA) is 94.5 Å². The highest BCUT2D eigenvalue weighted by Crippen LogP contribution is 2.05. The Kier molecular flexibility index (Phi) is 2.84. The molecular formula is C10H9N5O. The Morgan fingerprint density at radius 3 is 3.06 bits per heavy atom. The first kappa shape index (κ1) is 10.2. The smallest absolute Gasteiger partial charge is 0.258 e. The number of nitrogens with zero attached hydrogens (tertiary/aromatic N) is 4. The van der Waals surface area contributed by atoms with E-state index >= 15 is 0 Å². The van der Waals surface area contributed by atoms with Gasteiger partial charge in [0.15, 0.2) is 0 Å². The summed E-state index contributed by atoms with van der Waals surface area (Å²) < 4.78 is 0. The second-order valence-electron chi connectivity index (χ2n) is 3.23. The zero-order valence-corrected chi connectivity index (χ0v) is 8.42. The Morgan fingerprint density at radius 2 is 2.25 bits per heavy atom. The Labute approximate surface area is 90.6 Å². The van der Waals surface area contributed by atoms with Crippen molar-refractivity contribution in [3.63, 3.8) is 0 Å². The minimum absolute atomic E-state index is 0.165. The van der Waals surface area contributed by atoms with Gasteiger partial charge in [0.2, 0.25) is 0 Å². The molecule has 0 radical (unpaired) electrons. The molecule has 0 saturated carbocycles. The number of para-hydroxylation sites is 1. The molecule has 1 aromatic carbocycles. The Bertz CT molecular complexity index is 612. The molecule has 0 unspecified atom stereocenters. The minimum atomic E-state index is -0.165. The van der Waals surface area contributed by atoms with Crippen molar-refractivity contribution in [1.29, 1.82) is 0 Å². The summed E-state index contributed by atoms with van der Waals surface area (Å²) >= 11 is 0. The number of aromatic nitrogens is 2. The van der Waals surface area contributed by atoms with Crippen molar-refractivity contribution in [1.82, 2.24) is 9.97 Å². The Morgan fingerprint density at radius 1 is 1.44 bits per heavy atom. The van der Waals surface area contributed by atoms with E-state index < -0.39 is 0 Å². The maximum absolute atomic E-state index is 11.6. The number of fused-ring (bicyclic) bond motifs is 1. The molecule has 1 aromatic heterocycles. The van der Waals surface area contributed by atoms with Crippen molar-refractivity contribution in [2.24, 2.45) is 5.11 Å². The predicted molar refractivity (Wildman–Crippen MR) is 60.1 cm³/mol. The number of aromatic amines is 1. The number of hydrogen-bond acceptors (Lipinski definition) is 3. The molecule has 0 aliphatic heterocycles. The van der Waals surface area contributed by atoms with Crippen LogP contribution in [0.3, 0.4) is 0 Å². The average Bonchev–Trinajstić information content (AvgIpc) is 2.30. The van der Waals surface area contributed by atoms with Crippen LogP contribution >= 0.6 is 0 Å². The highest BCUT2D eigenvalue weighted by atomic mass is 16.1. The van der Waals surface area contributed by atoms with Gasteiger partial charge < -0.3 is 4.98 Å². The van der Waals surface area contributed by atoms with Gasteiger partial charge >= 0.3 is 0 Å². The third-order valence-corrected chi connectivity index (χ3v) is 2.17. The third kappa shape index (κ3) is 2.02. The van der Waals surface area contributed by atoms with Crippen molar-refractivity contribution < 1.29 is 0 Å². The lowest BCUT2D eigenvalue weighted by Gasteiger charge is -2.00. The van der Waals surface area contributed by atoms with Crippen LogP contribution in [0.2, 0.25) is 0 Å². The molecule has 1 N–H and O–H groups in total. The summed E-state index contributed by atoms with van der Waals surface area (Å²) in [6.07, 6.45) is 0.435. The van der Waals surface area contributed by atoms with E-state index in [0.29, 0.717) is 23.1 Å². The summed E-state index contributed by atoms with van der Waals surface area (Å²) in [5.74, 6) is 0.538. The van der Waals surface area contributed by atoms with Crippen LogP contribution in [0.25, 0.3) is 21.3 Å². The van der Waals surface area contributed by atoms with Gasteiger partial charge in [-0.2, -0.15) is 0 Å². The van der Waals surface area contributed by atoms with Crippen LogP contribution < -0.4 is 5.56 Å². The minimum Gasteiger partial charge on any atom is -0.310 e. The second-order valence-corrected chi connectivity index (χ2v) is 3.23. The predicted octanol–water partition coefficient (Wildman–Crippen LogP) is 1.78. The molecule has 0 spiro atoms. The quantitative estimate of drug-likeness (QED) is 0.480. The van der Waals surface area contributed by atoms with Gasteiger partial charge in [0.1, 0.15) is 5.82 Å². The second kappa shape index (κ2) is 4.46. The molecular weight excluding hydrogens is 206 g/mol. The van der Waals surface area contributed by atoms with Gasteiger partial charge in [-0.3, -0.25) is 4.79 Å². The van der Waals surface area contributed by atoms with E-state index in [0.717, 1.165) is 0 Å². The first-order valence-corrected chi connectivity index (χ1v) is 4.80. The van der Waals surface area contributed by atoms with Gasteiger partial charge in [-0.15, -0.1) is 0 Å². The number of nitrogens with one attached hydrogen (secondary N) is 1. The fourth-order valence-corrected chi connectivity index (χ4v) is 1.45. The zero-order chi connectivity index (χ0) is 11.4. The summed E-state index contributed by atoms with van der Waals surface area (Å²) in [6.45, 7) is 0.289. The highest BCUT2D eigenvalue weighted by molar-refractivity contribution is 5.77. The molecule has 1 heterocycles. The van der Waals surface area contributed by atoms with Crippen LogP contribution in [0.15, 0.2) is 34.2 Å². The largest absolute Gasteiger partial charge is 0.310 e. The van der Waals surface area contributed by atoms with Crippen LogP contribution in [-0.4, -0.2) is 16.5 Å². The number of azide groups is 1. The van der Waals surface area contributed by atoms with Crippen LogP contribution in [0.4, 0.5) is 0 Å². The fraction of sp³-hybridized carbons (Fsp3) is 0.200. The van der Waals surface area contributed by atoms with E-state index in [1.165, 1.54) is 0 Å². The van der Waals surface area contributed by atoms with Gasteiger partial charge in [-0.05, 0) is 17.7 Å². The van der Waals surface area contributed by atoms with Gasteiger partial charge in [0.05, 0.1) is 10.9 Å². The van der Waals surface area contributed by atoms with Gasteiger partial charge in [-0.25, -0.2) is 4.98 Å². The fourth-order valence-electron chi connectivity index (χ4n) is 1.45. The van der Waals surface area contributed by atoms with Crippen LogP contribution in [0, 0.1) is 0 Å². The molecule has 6 nitrogen and oxygen atoms in total. The lowest BCUT2D eigenvalue weighted by molar-refractivity contribution is 0.864. The summed E-state index contributed by atoms with van der Waals surface area (Å²) in [6, 6.07) is 7.12. The van der Waals surface area contributed by atoms with E-state index in [9.17, 15) is 4.79 Å². The molecule has 0 atom stereocenters. The van der Waals surface area contributed by atoms with E-state index in [1.54, 1.807) is 18.2 Å². The number of rotatable bonds is 3. The maximum Gasteiger partial charge on any atom is 0.258 e. The molecule has 6 heteroatoms. The number of hydrogen-bond donors (Lipinski definition) is 1. The van der Waals surface area contributed by atoms with Crippen LogP contribution in [-0.2, 0) is 6.42 Å². The molecule has 0 bridgehead atoms. The van der Waals surface area contributed by atoms with E-state index in [4.69, 9.17) is 5.53 Å². The van der Waals surface area contributed by atoms with Gasteiger partial charge in [0, 0.05) is 17.9 Å². The zero-order valence-electron chi connectivity index (χ0n) is 8.42. The molecule has 0 aliphatic rings. The number of benzene rings is 1. The molecule has 0 fully saturated rings. The van der Waals surface area contributed by atoms with Gasteiger partial charge in [0.25, 0.3) is 5.56 Å². The lowest BCUT2D eigenvalue weighted by Crippen LogP contribution is -2.12. The molecule has 16 heavy (non-hydrogen) atoms. The van der Waals surface area contributed by atoms with E-state index in [-0.39, 0.29) is 12.1 Å². The highest BCUT2D eigenvalue weighted by Gasteiger charge is 2.01. The third-order valence-electron chi connectivity index (χ3n) is 2.17. The normalized spacial score (nSPS) is 10.0. The standard InChI is InChI=1S/C10H9N5O/c11-15-12-6-5-9-13-8-4-2-1-3-7(8)10(16)14-9/h1-4H,5-6H2,(H,13,14,16). The van der Waals surface area contributed by atoms with Crippen LogP contribution in [0.5, 0.6) is 0 Å². The summed E-state index contributed by atoms with van der Waals surface area (Å²) in [7, 11) is 0. The molecule has 0 amide bonds. The number of H-pyrrole nitrogens is 1. The van der Waals surface area contributed by atoms with Crippen molar-refractivity contribution in [2.45, 2.75) is 6.42 Å². The monoisotopic (exact) mass is 215 g/mol. The summed E-state index contributed by atoms with van der Waals surface area (Å²) in [5.41, 5.74) is 8.63. The van der Waals surface area contributed by atoms with Gasteiger partial charge in [-0.1, -0.05) is 17.2 Å². The average molecular weight is 215 g/mol. The van der Waals surface area contributed by atoms with E-state index in [2.05, 4.69) is 20.0 Å². The molecule has 80 valence electrons. The summed E-state index contributed by atoms with van der Waals surface area (Å²) in [5, 5.41) is 3.96. The molecule has 0 saturated heterocycles. The van der Waals surface area contributed by atoms with Crippen molar-refractivity contribution in [3.8, 4) is 0 Å². The molecule has 0 aliphatic carbocycles. The van der Waals surface area contributed by atoms with Crippen molar-refractivity contribution >= 4 is 10.9 Å². The first-order valence-electron chi connectivity index (χ1n) is 4.80. The van der Waals surface area contributed by atoms with Crippen LogP contribution in [0.1, 0.15) is 5.82 Å². The molecule has 2 rings (SSSR count). The summed E-state index contributed by atoms with van der Waals surface area (Å²) in [4.78, 5) is 21.2. The van der Waals surface area contributed by atoms with Crippen molar-refractivity contribution in [3.05, 3.63) is 50.9 Å².